The number of unbranched alkanes of at least 4 members (excludes halogenated alkanes) is 1. The Morgan fingerprint density at radius 3 is 2.29 bits per heavy atom. The van der Waals surface area contributed by atoms with Gasteiger partial charge in [0.05, 0.1) is 17.7 Å². The second kappa shape index (κ2) is 11.7. The van der Waals surface area contributed by atoms with Crippen LogP contribution in [0.5, 0.6) is 5.75 Å². The maximum absolute atomic E-state index is 13.4. The fourth-order valence-corrected chi connectivity index (χ4v) is 4.61. The Labute approximate surface area is 184 Å². The maximum atomic E-state index is 13.4. The van der Waals surface area contributed by atoms with Crippen molar-refractivity contribution in [1.29, 1.82) is 0 Å². The topological polar surface area (TPSA) is 75.7 Å². The van der Waals surface area contributed by atoms with Gasteiger partial charge < -0.3 is 10.1 Å². The fraction of sp³-hybridized carbons (Fsp3) is 0.435. The number of carbonyl (C=O) groups excluding carboxylic acids is 1. The number of halogens is 1. The minimum atomic E-state index is -4.05. The summed E-state index contributed by atoms with van der Waals surface area (Å²) in [5.41, 5.74) is 0.213. The first-order valence-corrected chi connectivity index (χ1v) is 11.9. The van der Waals surface area contributed by atoms with Gasteiger partial charge >= 0.3 is 0 Å². The van der Waals surface area contributed by atoms with E-state index in [0.29, 0.717) is 18.2 Å². The Morgan fingerprint density at radius 2 is 1.74 bits per heavy atom. The van der Waals surface area contributed by atoms with Crippen molar-refractivity contribution >= 4 is 21.6 Å². The number of methoxy groups -OCH3 is 1. The molecule has 0 saturated carbocycles. The predicted octanol–water partition coefficient (Wildman–Crippen LogP) is 4.36. The van der Waals surface area contributed by atoms with E-state index in [1.807, 2.05) is 0 Å². The van der Waals surface area contributed by atoms with Crippen LogP contribution in [0.4, 0.5) is 10.1 Å². The summed E-state index contributed by atoms with van der Waals surface area (Å²) in [6.07, 6.45) is 4.12. The molecule has 0 aromatic heterocycles. The lowest BCUT2D eigenvalue weighted by atomic mass is 9.99. The third-order valence-corrected chi connectivity index (χ3v) is 6.97. The van der Waals surface area contributed by atoms with E-state index in [2.05, 4.69) is 19.2 Å². The minimum Gasteiger partial charge on any atom is -0.497 e. The Hall–Kier alpha value is -2.61. The number of sulfonamides is 1. The summed E-state index contributed by atoms with van der Waals surface area (Å²) in [5.74, 6) is -0.0304. The Morgan fingerprint density at radius 1 is 1.10 bits per heavy atom. The maximum Gasteiger partial charge on any atom is 0.264 e. The van der Waals surface area contributed by atoms with Gasteiger partial charge in [0.25, 0.3) is 10.0 Å². The zero-order valence-electron chi connectivity index (χ0n) is 18.3. The highest BCUT2D eigenvalue weighted by molar-refractivity contribution is 7.92. The van der Waals surface area contributed by atoms with Crippen LogP contribution in [0.2, 0.25) is 0 Å². The van der Waals surface area contributed by atoms with Crippen molar-refractivity contribution in [1.82, 2.24) is 5.32 Å². The molecule has 0 heterocycles. The highest BCUT2D eigenvalue weighted by Crippen LogP contribution is 2.25. The van der Waals surface area contributed by atoms with Crippen molar-refractivity contribution in [3.63, 3.8) is 0 Å². The zero-order valence-corrected chi connectivity index (χ0v) is 19.1. The summed E-state index contributed by atoms with van der Waals surface area (Å²) in [4.78, 5) is 12.7. The molecule has 2 aromatic rings. The third kappa shape index (κ3) is 6.95. The van der Waals surface area contributed by atoms with Crippen LogP contribution in [0.1, 0.15) is 39.5 Å². The van der Waals surface area contributed by atoms with Crippen LogP contribution in [0, 0.1) is 11.7 Å². The van der Waals surface area contributed by atoms with Crippen LogP contribution in [0.15, 0.2) is 53.4 Å². The molecule has 0 spiro atoms. The Bertz CT molecular complexity index is 931. The van der Waals surface area contributed by atoms with Crippen LogP contribution in [-0.2, 0) is 14.8 Å². The number of benzene rings is 2. The quantitative estimate of drug-likeness (QED) is 0.521. The standard InChI is InChI=1S/C23H31FN2O4S/c1-4-6-7-18(5-2)16-25-23(27)17-26(20-10-8-19(24)9-11-20)31(28,29)22-14-12-21(30-3)13-15-22/h8-15,18H,4-7,16-17H2,1-3H3,(H,25,27)/t18-/m0/s1. The van der Waals surface area contributed by atoms with Gasteiger partial charge in [-0.05, 0) is 60.9 Å². The SMILES string of the molecule is CCCC[C@H](CC)CNC(=O)CN(c1ccc(F)cc1)S(=O)(=O)c1ccc(OC)cc1. The highest BCUT2D eigenvalue weighted by atomic mass is 32.2. The number of hydrogen-bond acceptors (Lipinski definition) is 4. The lowest BCUT2D eigenvalue weighted by Gasteiger charge is -2.25. The van der Waals surface area contributed by atoms with E-state index in [1.165, 1.54) is 55.6 Å². The molecule has 170 valence electrons. The highest BCUT2D eigenvalue weighted by Gasteiger charge is 2.27. The summed E-state index contributed by atoms with van der Waals surface area (Å²) in [6, 6.07) is 10.9. The number of amides is 1. The average Bonchev–Trinajstić information content (AvgIpc) is 2.78. The molecule has 0 bridgehead atoms. The lowest BCUT2D eigenvalue weighted by molar-refractivity contribution is -0.119. The second-order valence-corrected chi connectivity index (χ2v) is 9.25. The monoisotopic (exact) mass is 450 g/mol. The van der Waals surface area contributed by atoms with Gasteiger partial charge in [-0.3, -0.25) is 9.10 Å². The number of nitrogens with one attached hydrogen (secondary N) is 1. The number of ether oxygens (including phenoxy) is 1. The molecular weight excluding hydrogens is 419 g/mol. The van der Waals surface area contributed by atoms with E-state index in [1.54, 1.807) is 0 Å². The van der Waals surface area contributed by atoms with E-state index in [-0.39, 0.29) is 10.6 Å². The average molecular weight is 451 g/mol. The van der Waals surface area contributed by atoms with Gasteiger partial charge in [-0.15, -0.1) is 0 Å². The summed E-state index contributed by atoms with van der Waals surface area (Å²) in [7, 11) is -2.56. The lowest BCUT2D eigenvalue weighted by Crippen LogP contribution is -2.42. The molecule has 0 fully saturated rings. The third-order valence-electron chi connectivity index (χ3n) is 5.18. The van der Waals surface area contributed by atoms with Crippen LogP contribution in [-0.4, -0.2) is 34.5 Å². The molecule has 0 radical (unpaired) electrons. The van der Waals surface area contributed by atoms with Crippen molar-refractivity contribution in [2.45, 2.75) is 44.4 Å². The number of rotatable bonds is 12. The largest absolute Gasteiger partial charge is 0.497 e. The van der Waals surface area contributed by atoms with Gasteiger partial charge in [0, 0.05) is 6.54 Å². The van der Waals surface area contributed by atoms with Crippen LogP contribution in [0.25, 0.3) is 0 Å². The second-order valence-electron chi connectivity index (χ2n) is 7.38. The first-order valence-electron chi connectivity index (χ1n) is 10.5. The van der Waals surface area contributed by atoms with Gasteiger partial charge in [-0.2, -0.15) is 0 Å². The Balaban J connectivity index is 2.24. The van der Waals surface area contributed by atoms with Crippen LogP contribution >= 0.6 is 0 Å². The molecule has 6 nitrogen and oxygen atoms in total. The van der Waals surface area contributed by atoms with Crippen LogP contribution < -0.4 is 14.4 Å². The summed E-state index contributed by atoms with van der Waals surface area (Å²) in [5, 5.41) is 2.86. The number of carbonyl (C=O) groups is 1. The molecule has 8 heteroatoms. The fourth-order valence-electron chi connectivity index (χ4n) is 3.19. The first kappa shape index (κ1) is 24.7. The molecular formula is C23H31FN2O4S. The van der Waals surface area contributed by atoms with E-state index in [4.69, 9.17) is 4.74 Å². The van der Waals surface area contributed by atoms with Gasteiger partial charge in [-0.25, -0.2) is 12.8 Å². The summed E-state index contributed by atoms with van der Waals surface area (Å²) in [6.45, 7) is 4.29. The zero-order chi connectivity index (χ0) is 22.9. The van der Waals surface area contributed by atoms with Crippen molar-refractivity contribution in [2.75, 3.05) is 24.5 Å². The van der Waals surface area contributed by atoms with Crippen molar-refractivity contribution in [3.05, 3.63) is 54.3 Å². The van der Waals surface area contributed by atoms with E-state index in [9.17, 15) is 17.6 Å². The van der Waals surface area contributed by atoms with Crippen molar-refractivity contribution in [2.24, 2.45) is 5.92 Å². The van der Waals surface area contributed by atoms with Gasteiger partial charge in [-0.1, -0.05) is 33.1 Å². The molecule has 2 aromatic carbocycles. The molecule has 31 heavy (non-hydrogen) atoms. The van der Waals surface area contributed by atoms with E-state index in [0.717, 1.165) is 30.0 Å². The molecule has 2 rings (SSSR count). The number of anilines is 1. The Kier molecular flexibility index (Phi) is 9.30. The summed E-state index contributed by atoms with van der Waals surface area (Å²) < 4.78 is 46.1. The molecule has 0 aliphatic rings. The van der Waals surface area contributed by atoms with Crippen LogP contribution in [0.3, 0.4) is 0 Å². The van der Waals surface area contributed by atoms with Crippen molar-refractivity contribution in [3.8, 4) is 5.75 Å². The summed E-state index contributed by atoms with van der Waals surface area (Å²) >= 11 is 0. The van der Waals surface area contributed by atoms with E-state index < -0.39 is 28.3 Å². The van der Waals surface area contributed by atoms with Crippen molar-refractivity contribution < 1.29 is 22.3 Å². The molecule has 0 aliphatic heterocycles. The van der Waals surface area contributed by atoms with Gasteiger partial charge in [0.1, 0.15) is 18.1 Å². The number of nitrogens with zero attached hydrogens (tertiary/aromatic N) is 1. The predicted molar refractivity (Wildman–Crippen MR) is 120 cm³/mol. The molecule has 0 aliphatic carbocycles. The van der Waals surface area contributed by atoms with E-state index >= 15 is 0 Å². The normalized spacial score (nSPS) is 12.3. The molecule has 0 unspecified atom stereocenters. The molecule has 1 N–H and O–H groups in total. The molecule has 1 atom stereocenters. The molecule has 0 saturated heterocycles. The smallest absolute Gasteiger partial charge is 0.264 e. The molecule has 1 amide bonds. The number of hydrogen-bond donors (Lipinski definition) is 1. The first-order chi connectivity index (χ1) is 14.8. The van der Waals surface area contributed by atoms with Gasteiger partial charge in [0.2, 0.25) is 5.91 Å². The minimum absolute atomic E-state index is 0.0137. The van der Waals surface area contributed by atoms with Gasteiger partial charge in [0.15, 0.2) is 0 Å².